The lowest BCUT2D eigenvalue weighted by molar-refractivity contribution is 0.121. The van der Waals surface area contributed by atoms with Gasteiger partial charge in [0.15, 0.2) is 0 Å². The van der Waals surface area contributed by atoms with Gasteiger partial charge in [0.05, 0.1) is 12.7 Å². The van der Waals surface area contributed by atoms with Crippen molar-refractivity contribution >= 4 is 0 Å². The van der Waals surface area contributed by atoms with Crippen molar-refractivity contribution in [2.75, 3.05) is 19.7 Å². The molecule has 0 amide bonds. The maximum absolute atomic E-state index is 8.57. The fourth-order valence-corrected chi connectivity index (χ4v) is 0.653. The van der Waals surface area contributed by atoms with E-state index in [0.29, 0.717) is 13.1 Å². The van der Waals surface area contributed by atoms with E-state index in [-0.39, 0.29) is 6.61 Å². The SMILES string of the molecule is N#CC1(CO)CNC1. The lowest BCUT2D eigenvalue weighted by Crippen LogP contribution is -2.54. The van der Waals surface area contributed by atoms with Gasteiger partial charge in [0.1, 0.15) is 5.41 Å². The maximum atomic E-state index is 8.57. The van der Waals surface area contributed by atoms with E-state index in [2.05, 4.69) is 11.4 Å². The summed E-state index contributed by atoms with van der Waals surface area (Å²) in [6.45, 7) is 1.26. The van der Waals surface area contributed by atoms with Gasteiger partial charge in [-0.3, -0.25) is 0 Å². The predicted octanol–water partition coefficient (Wildman–Crippen LogP) is -0.908. The highest BCUT2D eigenvalue weighted by molar-refractivity contribution is 5.07. The van der Waals surface area contributed by atoms with E-state index >= 15 is 0 Å². The Morgan fingerprint density at radius 2 is 2.38 bits per heavy atom. The molecule has 0 bridgehead atoms. The van der Waals surface area contributed by atoms with Crippen molar-refractivity contribution in [3.63, 3.8) is 0 Å². The monoisotopic (exact) mass is 112 g/mol. The molecule has 0 aromatic heterocycles. The average molecular weight is 112 g/mol. The zero-order valence-electron chi connectivity index (χ0n) is 4.52. The van der Waals surface area contributed by atoms with Crippen molar-refractivity contribution in [3.05, 3.63) is 0 Å². The molecule has 0 unspecified atom stereocenters. The van der Waals surface area contributed by atoms with Crippen LogP contribution in [0, 0.1) is 16.7 Å². The Hall–Kier alpha value is -0.590. The van der Waals surface area contributed by atoms with Crippen LogP contribution in [0.5, 0.6) is 0 Å². The van der Waals surface area contributed by atoms with Gasteiger partial charge in [0, 0.05) is 13.1 Å². The fourth-order valence-electron chi connectivity index (χ4n) is 0.653. The third kappa shape index (κ3) is 0.585. The largest absolute Gasteiger partial charge is 0.395 e. The second-order valence-electron chi connectivity index (χ2n) is 2.15. The molecule has 3 nitrogen and oxygen atoms in total. The van der Waals surface area contributed by atoms with Gasteiger partial charge in [-0.25, -0.2) is 0 Å². The molecule has 1 fully saturated rings. The lowest BCUT2D eigenvalue weighted by atomic mass is 9.85. The van der Waals surface area contributed by atoms with Crippen LogP contribution in [-0.4, -0.2) is 24.8 Å². The Balaban J connectivity index is 2.49. The van der Waals surface area contributed by atoms with E-state index in [1.165, 1.54) is 0 Å². The third-order valence-electron chi connectivity index (χ3n) is 1.47. The standard InChI is InChI=1S/C5H8N2O/c6-1-5(4-8)2-7-3-5/h7-8H,2-4H2. The number of nitrogens with zero attached hydrogens (tertiary/aromatic N) is 1. The maximum Gasteiger partial charge on any atom is 0.105 e. The molecule has 2 N–H and O–H groups in total. The fraction of sp³-hybridized carbons (Fsp3) is 0.800. The summed E-state index contributed by atoms with van der Waals surface area (Å²) in [4.78, 5) is 0. The minimum Gasteiger partial charge on any atom is -0.395 e. The minimum absolute atomic E-state index is 0.0174. The molecule has 0 aromatic carbocycles. The number of aliphatic hydroxyl groups is 1. The number of aliphatic hydroxyl groups excluding tert-OH is 1. The Morgan fingerprint density at radius 3 is 2.38 bits per heavy atom. The van der Waals surface area contributed by atoms with Gasteiger partial charge in [-0.05, 0) is 0 Å². The number of hydrogen-bond donors (Lipinski definition) is 2. The Bertz CT molecular complexity index is 117. The van der Waals surface area contributed by atoms with Gasteiger partial charge < -0.3 is 10.4 Å². The van der Waals surface area contributed by atoms with Gasteiger partial charge in [0.25, 0.3) is 0 Å². The number of hydrogen-bond acceptors (Lipinski definition) is 3. The molecule has 0 radical (unpaired) electrons. The van der Waals surface area contributed by atoms with Gasteiger partial charge in [-0.2, -0.15) is 5.26 Å². The summed E-state index contributed by atoms with van der Waals surface area (Å²) in [5.74, 6) is 0. The van der Waals surface area contributed by atoms with Crippen LogP contribution in [-0.2, 0) is 0 Å². The average Bonchev–Trinajstić information content (AvgIpc) is 1.67. The molecular weight excluding hydrogens is 104 g/mol. The summed E-state index contributed by atoms with van der Waals surface area (Å²) < 4.78 is 0. The summed E-state index contributed by atoms with van der Waals surface area (Å²) in [6, 6.07) is 2.05. The highest BCUT2D eigenvalue weighted by atomic mass is 16.3. The van der Waals surface area contributed by atoms with Crippen molar-refractivity contribution < 1.29 is 5.11 Å². The first-order valence-corrected chi connectivity index (χ1v) is 2.56. The Labute approximate surface area is 47.9 Å². The van der Waals surface area contributed by atoms with E-state index < -0.39 is 5.41 Å². The molecule has 1 rings (SSSR count). The van der Waals surface area contributed by atoms with Crippen LogP contribution in [0.25, 0.3) is 0 Å². The number of nitrogens with one attached hydrogen (secondary N) is 1. The van der Waals surface area contributed by atoms with Crippen LogP contribution in [0.2, 0.25) is 0 Å². The summed E-state index contributed by atoms with van der Waals surface area (Å²) in [7, 11) is 0. The van der Waals surface area contributed by atoms with Crippen LogP contribution in [0.3, 0.4) is 0 Å². The highest BCUT2D eigenvalue weighted by Gasteiger charge is 2.36. The van der Waals surface area contributed by atoms with E-state index in [0.717, 1.165) is 0 Å². The molecule has 0 saturated carbocycles. The lowest BCUT2D eigenvalue weighted by Gasteiger charge is -2.33. The van der Waals surface area contributed by atoms with Gasteiger partial charge in [-0.15, -0.1) is 0 Å². The van der Waals surface area contributed by atoms with Crippen molar-refractivity contribution in [2.24, 2.45) is 5.41 Å². The second-order valence-corrected chi connectivity index (χ2v) is 2.15. The molecule has 1 aliphatic heterocycles. The Kier molecular flexibility index (Phi) is 1.20. The van der Waals surface area contributed by atoms with E-state index in [1.807, 2.05) is 0 Å². The zero-order chi connectivity index (χ0) is 6.04. The third-order valence-corrected chi connectivity index (χ3v) is 1.47. The van der Waals surface area contributed by atoms with Gasteiger partial charge in [-0.1, -0.05) is 0 Å². The van der Waals surface area contributed by atoms with E-state index in [9.17, 15) is 0 Å². The van der Waals surface area contributed by atoms with Gasteiger partial charge >= 0.3 is 0 Å². The normalized spacial score (nSPS) is 23.5. The molecular formula is C5H8N2O. The first kappa shape index (κ1) is 5.54. The van der Waals surface area contributed by atoms with Crippen LogP contribution < -0.4 is 5.32 Å². The molecule has 3 heteroatoms. The predicted molar refractivity (Wildman–Crippen MR) is 28.0 cm³/mol. The minimum atomic E-state index is -0.444. The summed E-state index contributed by atoms with van der Waals surface area (Å²) >= 11 is 0. The summed E-state index contributed by atoms with van der Waals surface area (Å²) in [5, 5.41) is 19.9. The summed E-state index contributed by atoms with van der Waals surface area (Å²) in [6.07, 6.45) is 0. The molecule has 8 heavy (non-hydrogen) atoms. The van der Waals surface area contributed by atoms with Crippen LogP contribution >= 0.6 is 0 Å². The molecule has 0 atom stereocenters. The van der Waals surface area contributed by atoms with Crippen LogP contribution in [0.15, 0.2) is 0 Å². The highest BCUT2D eigenvalue weighted by Crippen LogP contribution is 2.18. The quantitative estimate of drug-likeness (QED) is 0.462. The van der Waals surface area contributed by atoms with Crippen molar-refractivity contribution in [1.29, 1.82) is 5.26 Å². The van der Waals surface area contributed by atoms with Gasteiger partial charge in [0.2, 0.25) is 0 Å². The molecule has 1 heterocycles. The van der Waals surface area contributed by atoms with E-state index in [1.54, 1.807) is 0 Å². The van der Waals surface area contributed by atoms with E-state index in [4.69, 9.17) is 10.4 Å². The first-order chi connectivity index (χ1) is 3.83. The molecule has 1 aliphatic rings. The van der Waals surface area contributed by atoms with Crippen molar-refractivity contribution in [1.82, 2.24) is 5.32 Å². The molecule has 1 saturated heterocycles. The van der Waals surface area contributed by atoms with Crippen molar-refractivity contribution in [3.8, 4) is 6.07 Å². The van der Waals surface area contributed by atoms with Crippen molar-refractivity contribution in [2.45, 2.75) is 0 Å². The number of nitriles is 1. The Morgan fingerprint density at radius 1 is 1.75 bits per heavy atom. The molecule has 0 aromatic rings. The number of rotatable bonds is 1. The smallest absolute Gasteiger partial charge is 0.105 e. The second kappa shape index (κ2) is 1.73. The topological polar surface area (TPSA) is 56.0 Å². The molecule has 0 spiro atoms. The summed E-state index contributed by atoms with van der Waals surface area (Å²) in [5.41, 5.74) is -0.444. The molecule has 44 valence electrons. The molecule has 0 aliphatic carbocycles. The van der Waals surface area contributed by atoms with Crippen LogP contribution in [0.4, 0.5) is 0 Å². The first-order valence-electron chi connectivity index (χ1n) is 2.56. The zero-order valence-corrected chi connectivity index (χ0v) is 4.52. The van der Waals surface area contributed by atoms with Crippen LogP contribution in [0.1, 0.15) is 0 Å².